The molecule has 6 nitrogen and oxygen atoms in total. The molecule has 2 aliphatic heterocycles. The average molecular weight is 367 g/mol. The molecular formula is C21H25N3O3. The SMILES string of the molecule is O=C(Cn1nc(-c2ccccc2)ccc1=O)N1CCCC1C1CCOCC1. The van der Waals surface area contributed by atoms with Crippen LogP contribution in [0, 0.1) is 5.92 Å². The number of hydrogen-bond donors (Lipinski definition) is 0. The fraction of sp³-hybridized carbons (Fsp3) is 0.476. The van der Waals surface area contributed by atoms with Crippen LogP contribution in [-0.4, -0.2) is 46.4 Å². The fourth-order valence-corrected chi connectivity index (χ4v) is 4.24. The number of hydrogen-bond acceptors (Lipinski definition) is 4. The van der Waals surface area contributed by atoms with E-state index in [1.54, 1.807) is 6.07 Å². The highest BCUT2D eigenvalue weighted by atomic mass is 16.5. The number of benzene rings is 1. The van der Waals surface area contributed by atoms with Crippen molar-refractivity contribution in [3.05, 3.63) is 52.8 Å². The Morgan fingerprint density at radius 3 is 2.63 bits per heavy atom. The first kappa shape index (κ1) is 17.9. The third-order valence-electron chi connectivity index (χ3n) is 5.65. The molecule has 0 aliphatic carbocycles. The molecule has 4 rings (SSSR count). The summed E-state index contributed by atoms with van der Waals surface area (Å²) < 4.78 is 6.76. The molecule has 3 heterocycles. The number of rotatable bonds is 4. The number of ether oxygens (including phenoxy) is 1. The van der Waals surface area contributed by atoms with Crippen molar-refractivity contribution in [3.63, 3.8) is 0 Å². The summed E-state index contributed by atoms with van der Waals surface area (Å²) in [6.07, 6.45) is 4.09. The van der Waals surface area contributed by atoms with Crippen LogP contribution in [0.3, 0.4) is 0 Å². The minimum Gasteiger partial charge on any atom is -0.381 e. The molecule has 0 N–H and O–H groups in total. The molecule has 142 valence electrons. The normalized spacial score (nSPS) is 20.7. The van der Waals surface area contributed by atoms with Crippen LogP contribution in [0.4, 0.5) is 0 Å². The zero-order valence-electron chi connectivity index (χ0n) is 15.4. The zero-order valence-corrected chi connectivity index (χ0v) is 15.4. The van der Waals surface area contributed by atoms with Crippen LogP contribution in [0.1, 0.15) is 25.7 Å². The molecule has 1 unspecified atom stereocenters. The summed E-state index contributed by atoms with van der Waals surface area (Å²) in [5, 5.41) is 4.43. The van der Waals surface area contributed by atoms with Crippen molar-refractivity contribution in [2.75, 3.05) is 19.8 Å². The van der Waals surface area contributed by atoms with Crippen molar-refractivity contribution < 1.29 is 9.53 Å². The first-order valence-electron chi connectivity index (χ1n) is 9.73. The number of carbonyl (C=O) groups is 1. The molecule has 1 atom stereocenters. The molecule has 0 bridgehead atoms. The van der Waals surface area contributed by atoms with Crippen LogP contribution < -0.4 is 5.56 Å². The van der Waals surface area contributed by atoms with Crippen molar-refractivity contribution in [3.8, 4) is 11.3 Å². The Bertz CT molecular complexity index is 843. The number of amides is 1. The summed E-state index contributed by atoms with van der Waals surface area (Å²) in [5.74, 6) is 0.495. The third kappa shape index (κ3) is 3.95. The maximum absolute atomic E-state index is 13.0. The summed E-state index contributed by atoms with van der Waals surface area (Å²) >= 11 is 0. The van der Waals surface area contributed by atoms with Crippen molar-refractivity contribution >= 4 is 5.91 Å². The lowest BCUT2D eigenvalue weighted by molar-refractivity contribution is -0.134. The largest absolute Gasteiger partial charge is 0.381 e. The van der Waals surface area contributed by atoms with E-state index in [-0.39, 0.29) is 24.1 Å². The van der Waals surface area contributed by atoms with Gasteiger partial charge < -0.3 is 9.64 Å². The van der Waals surface area contributed by atoms with E-state index in [1.807, 2.05) is 35.2 Å². The van der Waals surface area contributed by atoms with E-state index < -0.39 is 0 Å². The molecule has 27 heavy (non-hydrogen) atoms. The molecule has 2 aliphatic rings. The molecule has 2 aromatic rings. The predicted octanol–water partition coefficient (Wildman–Crippen LogP) is 2.33. The number of aromatic nitrogens is 2. The Labute approximate surface area is 158 Å². The van der Waals surface area contributed by atoms with Crippen LogP contribution in [0.25, 0.3) is 11.3 Å². The lowest BCUT2D eigenvalue weighted by atomic mass is 9.90. The van der Waals surface area contributed by atoms with Crippen molar-refractivity contribution in [1.82, 2.24) is 14.7 Å². The molecule has 1 aromatic carbocycles. The zero-order chi connectivity index (χ0) is 18.6. The van der Waals surface area contributed by atoms with Gasteiger partial charge in [0.15, 0.2) is 0 Å². The van der Waals surface area contributed by atoms with Crippen molar-refractivity contribution in [1.29, 1.82) is 0 Å². The third-order valence-corrected chi connectivity index (χ3v) is 5.65. The number of carbonyl (C=O) groups excluding carboxylic acids is 1. The van der Waals surface area contributed by atoms with Gasteiger partial charge in [0.05, 0.1) is 5.69 Å². The van der Waals surface area contributed by atoms with Crippen LogP contribution in [0.2, 0.25) is 0 Å². The van der Waals surface area contributed by atoms with Gasteiger partial charge in [-0.3, -0.25) is 9.59 Å². The second kappa shape index (κ2) is 8.05. The maximum atomic E-state index is 13.0. The molecule has 1 aromatic heterocycles. The van der Waals surface area contributed by atoms with E-state index in [4.69, 9.17) is 4.74 Å². The number of nitrogens with zero attached hydrogens (tertiary/aromatic N) is 3. The second-order valence-corrected chi connectivity index (χ2v) is 7.33. The monoisotopic (exact) mass is 367 g/mol. The highest BCUT2D eigenvalue weighted by molar-refractivity contribution is 5.76. The lowest BCUT2D eigenvalue weighted by Crippen LogP contribution is -2.44. The van der Waals surface area contributed by atoms with Gasteiger partial charge in [-0.1, -0.05) is 30.3 Å². The van der Waals surface area contributed by atoms with E-state index in [1.165, 1.54) is 10.7 Å². The summed E-state index contributed by atoms with van der Waals surface area (Å²) in [5.41, 5.74) is 1.38. The van der Waals surface area contributed by atoms with Gasteiger partial charge in [0, 0.05) is 37.4 Å². The second-order valence-electron chi connectivity index (χ2n) is 7.33. The van der Waals surface area contributed by atoms with Crippen LogP contribution in [0.15, 0.2) is 47.3 Å². The van der Waals surface area contributed by atoms with E-state index in [9.17, 15) is 9.59 Å². The van der Waals surface area contributed by atoms with Gasteiger partial charge in [0.2, 0.25) is 5.91 Å². The molecular weight excluding hydrogens is 342 g/mol. The van der Waals surface area contributed by atoms with E-state index in [2.05, 4.69) is 5.10 Å². The first-order valence-corrected chi connectivity index (χ1v) is 9.73. The van der Waals surface area contributed by atoms with Gasteiger partial charge in [-0.15, -0.1) is 0 Å². The molecule has 1 amide bonds. The van der Waals surface area contributed by atoms with Crippen molar-refractivity contribution in [2.24, 2.45) is 5.92 Å². The van der Waals surface area contributed by atoms with Crippen LogP contribution in [0.5, 0.6) is 0 Å². The van der Waals surface area contributed by atoms with E-state index in [0.29, 0.717) is 11.6 Å². The molecule has 0 radical (unpaired) electrons. The summed E-state index contributed by atoms with van der Waals surface area (Å²) in [6, 6.07) is 13.2. The minimum atomic E-state index is -0.246. The Kier molecular flexibility index (Phi) is 5.34. The van der Waals surface area contributed by atoms with Gasteiger partial charge in [0.1, 0.15) is 6.54 Å². The van der Waals surface area contributed by atoms with E-state index >= 15 is 0 Å². The Hall–Kier alpha value is -2.47. The number of likely N-dealkylation sites (tertiary alicyclic amines) is 1. The van der Waals surface area contributed by atoms with Crippen molar-refractivity contribution in [2.45, 2.75) is 38.3 Å². The minimum absolute atomic E-state index is 0.000767. The molecule has 0 saturated carbocycles. The highest BCUT2D eigenvalue weighted by Crippen LogP contribution is 2.30. The van der Waals surface area contributed by atoms with Gasteiger partial charge >= 0.3 is 0 Å². The average Bonchev–Trinajstić information content (AvgIpc) is 3.21. The summed E-state index contributed by atoms with van der Waals surface area (Å²) in [7, 11) is 0. The molecule has 2 fully saturated rings. The maximum Gasteiger partial charge on any atom is 0.267 e. The van der Waals surface area contributed by atoms with Crippen LogP contribution >= 0.6 is 0 Å². The van der Waals surface area contributed by atoms with Gasteiger partial charge in [-0.2, -0.15) is 5.10 Å². The van der Waals surface area contributed by atoms with Crippen LogP contribution in [-0.2, 0) is 16.1 Å². The Morgan fingerprint density at radius 1 is 1.07 bits per heavy atom. The summed E-state index contributed by atoms with van der Waals surface area (Å²) in [6.45, 7) is 2.33. The molecule has 2 saturated heterocycles. The first-order chi connectivity index (χ1) is 13.2. The standard InChI is InChI=1S/C21H25N3O3/c25-20-9-8-18(16-5-2-1-3-6-16)22-24(20)15-21(26)23-12-4-7-19(23)17-10-13-27-14-11-17/h1-3,5-6,8-9,17,19H,4,7,10-15H2. The fourth-order valence-electron chi connectivity index (χ4n) is 4.24. The van der Waals surface area contributed by atoms with Gasteiger partial charge in [-0.05, 0) is 37.7 Å². The van der Waals surface area contributed by atoms with Gasteiger partial charge in [0.25, 0.3) is 5.56 Å². The lowest BCUT2D eigenvalue weighted by Gasteiger charge is -2.34. The van der Waals surface area contributed by atoms with Gasteiger partial charge in [-0.25, -0.2) is 4.68 Å². The highest BCUT2D eigenvalue weighted by Gasteiger charge is 2.35. The van der Waals surface area contributed by atoms with E-state index in [0.717, 1.165) is 51.0 Å². The molecule has 0 spiro atoms. The predicted molar refractivity (Wildman–Crippen MR) is 102 cm³/mol. The Balaban J connectivity index is 1.51. The smallest absolute Gasteiger partial charge is 0.267 e. The quantitative estimate of drug-likeness (QED) is 0.832. The molecule has 6 heteroatoms. The topological polar surface area (TPSA) is 64.4 Å². The summed E-state index contributed by atoms with van der Waals surface area (Å²) in [4.78, 5) is 27.2. The Morgan fingerprint density at radius 2 is 1.85 bits per heavy atom.